The van der Waals surface area contributed by atoms with E-state index in [9.17, 15) is 14.9 Å². The van der Waals surface area contributed by atoms with E-state index in [1.54, 1.807) is 26.2 Å². The van der Waals surface area contributed by atoms with Crippen LogP contribution < -0.4 is 10.6 Å². The molecule has 0 radical (unpaired) electrons. The largest absolute Gasteiger partial charge is 0.385 e. The fourth-order valence-corrected chi connectivity index (χ4v) is 1.68. The zero-order valence-corrected chi connectivity index (χ0v) is 11.6. The maximum atomic E-state index is 11.7. The highest BCUT2D eigenvalue weighted by Crippen LogP contribution is 2.25. The summed E-state index contributed by atoms with van der Waals surface area (Å²) in [6.45, 7) is 3.41. The van der Waals surface area contributed by atoms with Gasteiger partial charge in [0.05, 0.1) is 4.92 Å². The zero-order chi connectivity index (χ0) is 15.0. The van der Waals surface area contributed by atoms with Gasteiger partial charge in [-0.25, -0.2) is 0 Å². The number of carbonyl (C=O) groups excluding carboxylic acids is 1. The highest BCUT2D eigenvalue weighted by molar-refractivity contribution is 5.95. The minimum atomic E-state index is -0.499. The normalized spacial score (nSPS) is 10.1. The van der Waals surface area contributed by atoms with Crippen LogP contribution in [0.5, 0.6) is 0 Å². The van der Waals surface area contributed by atoms with Crippen LogP contribution in [0.3, 0.4) is 0 Å². The fourth-order valence-electron chi connectivity index (χ4n) is 1.68. The van der Waals surface area contributed by atoms with Gasteiger partial charge in [0.25, 0.3) is 11.6 Å². The van der Waals surface area contributed by atoms with Gasteiger partial charge in [-0.3, -0.25) is 14.9 Å². The number of anilines is 1. The van der Waals surface area contributed by atoms with Gasteiger partial charge in [-0.05, 0) is 25.5 Å². The first-order valence-electron chi connectivity index (χ1n) is 6.39. The Labute approximate surface area is 117 Å². The summed E-state index contributed by atoms with van der Waals surface area (Å²) in [5, 5.41) is 16.6. The number of ether oxygens (including phenoxy) is 1. The molecule has 20 heavy (non-hydrogen) atoms. The third-order valence-corrected chi connectivity index (χ3v) is 2.63. The number of nitrogens with zero attached hydrogens (tertiary/aromatic N) is 1. The number of carbonyl (C=O) groups is 1. The van der Waals surface area contributed by atoms with Gasteiger partial charge in [-0.2, -0.15) is 0 Å². The summed E-state index contributed by atoms with van der Waals surface area (Å²) in [5.41, 5.74) is 0.575. The number of hydrogen-bond acceptors (Lipinski definition) is 5. The number of benzene rings is 1. The fraction of sp³-hybridized carbons (Fsp3) is 0.462. The molecule has 0 saturated carbocycles. The minimum absolute atomic E-state index is 0.105. The smallest absolute Gasteiger partial charge is 0.293 e. The lowest BCUT2D eigenvalue weighted by molar-refractivity contribution is -0.384. The molecular weight excluding hydrogens is 262 g/mol. The van der Waals surface area contributed by atoms with E-state index in [4.69, 9.17) is 4.74 Å². The molecule has 7 heteroatoms. The highest BCUT2D eigenvalue weighted by Gasteiger charge is 2.16. The molecule has 110 valence electrons. The molecular formula is C13H19N3O4. The third kappa shape index (κ3) is 4.51. The van der Waals surface area contributed by atoms with Gasteiger partial charge in [0, 0.05) is 38.4 Å². The molecule has 7 nitrogen and oxygen atoms in total. The summed E-state index contributed by atoms with van der Waals surface area (Å²) in [6, 6.07) is 4.40. The van der Waals surface area contributed by atoms with E-state index >= 15 is 0 Å². The monoisotopic (exact) mass is 281 g/mol. The van der Waals surface area contributed by atoms with Crippen molar-refractivity contribution in [3.63, 3.8) is 0 Å². The first-order chi connectivity index (χ1) is 9.60. The van der Waals surface area contributed by atoms with E-state index in [-0.39, 0.29) is 17.2 Å². The van der Waals surface area contributed by atoms with Crippen molar-refractivity contribution in [1.82, 2.24) is 5.32 Å². The van der Waals surface area contributed by atoms with Crippen LogP contribution in [0.1, 0.15) is 23.7 Å². The maximum Gasteiger partial charge on any atom is 0.293 e. The van der Waals surface area contributed by atoms with Gasteiger partial charge in [0.1, 0.15) is 5.69 Å². The molecule has 1 aromatic rings. The van der Waals surface area contributed by atoms with Crippen LogP contribution in [0.15, 0.2) is 18.2 Å². The van der Waals surface area contributed by atoms with Crippen molar-refractivity contribution in [3.8, 4) is 0 Å². The number of nitrogens with one attached hydrogen (secondary N) is 2. The van der Waals surface area contributed by atoms with Crippen LogP contribution in [-0.2, 0) is 4.74 Å². The molecule has 0 unspecified atom stereocenters. The van der Waals surface area contributed by atoms with Gasteiger partial charge < -0.3 is 15.4 Å². The van der Waals surface area contributed by atoms with E-state index in [1.807, 2.05) is 0 Å². The minimum Gasteiger partial charge on any atom is -0.385 e. The summed E-state index contributed by atoms with van der Waals surface area (Å²) < 4.78 is 4.91. The van der Waals surface area contributed by atoms with Crippen molar-refractivity contribution in [1.29, 1.82) is 0 Å². The Morgan fingerprint density at radius 2 is 2.20 bits per heavy atom. The van der Waals surface area contributed by atoms with Gasteiger partial charge in [0.2, 0.25) is 0 Å². The number of amides is 1. The standard InChI is InChI=1S/C13H19N3O4/c1-3-14-13(17)10-5-6-11(12(9-10)16(18)19)15-7-4-8-20-2/h5-6,9,15H,3-4,7-8H2,1-2H3,(H,14,17). The van der Waals surface area contributed by atoms with Crippen molar-refractivity contribution in [2.45, 2.75) is 13.3 Å². The second-order valence-corrected chi connectivity index (χ2v) is 4.12. The maximum absolute atomic E-state index is 11.7. The van der Waals surface area contributed by atoms with Crippen LogP contribution in [0.2, 0.25) is 0 Å². The molecule has 0 aliphatic rings. The van der Waals surface area contributed by atoms with Crippen LogP contribution in [0.25, 0.3) is 0 Å². The molecule has 0 saturated heterocycles. The number of rotatable bonds is 8. The molecule has 0 bridgehead atoms. The van der Waals surface area contributed by atoms with E-state index in [0.717, 1.165) is 6.42 Å². The molecule has 0 atom stereocenters. The molecule has 1 amide bonds. The van der Waals surface area contributed by atoms with Crippen molar-refractivity contribution >= 4 is 17.3 Å². The number of nitro groups is 1. The molecule has 0 fully saturated rings. The lowest BCUT2D eigenvalue weighted by atomic mass is 10.1. The molecule has 0 heterocycles. The molecule has 1 aromatic carbocycles. The zero-order valence-electron chi connectivity index (χ0n) is 11.6. The average Bonchev–Trinajstić information content (AvgIpc) is 2.43. The van der Waals surface area contributed by atoms with E-state index in [1.165, 1.54) is 6.07 Å². The second kappa shape index (κ2) is 8.11. The number of methoxy groups -OCH3 is 1. The quantitative estimate of drug-likeness (QED) is 0.430. The van der Waals surface area contributed by atoms with Gasteiger partial charge in [-0.1, -0.05) is 0 Å². The van der Waals surface area contributed by atoms with Crippen molar-refractivity contribution in [2.24, 2.45) is 0 Å². The SMILES string of the molecule is CCNC(=O)c1ccc(NCCCOC)c([N+](=O)[O-])c1. The van der Waals surface area contributed by atoms with Crippen molar-refractivity contribution in [3.05, 3.63) is 33.9 Å². The van der Waals surface area contributed by atoms with Crippen LogP contribution in [-0.4, -0.2) is 37.6 Å². The molecule has 1 rings (SSSR count). The second-order valence-electron chi connectivity index (χ2n) is 4.12. The Balaban J connectivity index is 2.85. The predicted molar refractivity (Wildman–Crippen MR) is 76.1 cm³/mol. The van der Waals surface area contributed by atoms with Crippen molar-refractivity contribution < 1.29 is 14.5 Å². The van der Waals surface area contributed by atoms with Gasteiger partial charge >= 0.3 is 0 Å². The summed E-state index contributed by atoms with van der Waals surface area (Å²) >= 11 is 0. The lowest BCUT2D eigenvalue weighted by Crippen LogP contribution is -2.22. The summed E-state index contributed by atoms with van der Waals surface area (Å²) in [4.78, 5) is 22.2. The predicted octanol–water partition coefficient (Wildman–Crippen LogP) is 1.79. The topological polar surface area (TPSA) is 93.5 Å². The Bertz CT molecular complexity index is 477. The summed E-state index contributed by atoms with van der Waals surface area (Å²) in [7, 11) is 1.60. The van der Waals surface area contributed by atoms with Gasteiger partial charge in [0.15, 0.2) is 0 Å². The van der Waals surface area contributed by atoms with E-state index in [2.05, 4.69) is 10.6 Å². The number of hydrogen-bond donors (Lipinski definition) is 2. The molecule has 0 aliphatic carbocycles. The molecule has 0 aromatic heterocycles. The van der Waals surface area contributed by atoms with Gasteiger partial charge in [-0.15, -0.1) is 0 Å². The Hall–Kier alpha value is -2.15. The molecule has 2 N–H and O–H groups in total. The van der Waals surface area contributed by atoms with Crippen LogP contribution in [0.4, 0.5) is 11.4 Å². The first kappa shape index (κ1) is 15.9. The van der Waals surface area contributed by atoms with Crippen molar-refractivity contribution in [2.75, 3.05) is 32.1 Å². The van der Waals surface area contributed by atoms with Crippen LogP contribution >= 0.6 is 0 Å². The van der Waals surface area contributed by atoms with E-state index < -0.39 is 4.92 Å². The first-order valence-corrected chi connectivity index (χ1v) is 6.39. The Kier molecular flexibility index (Phi) is 6.45. The lowest BCUT2D eigenvalue weighted by Gasteiger charge is -2.08. The summed E-state index contributed by atoms with van der Waals surface area (Å²) in [6.07, 6.45) is 0.742. The third-order valence-electron chi connectivity index (χ3n) is 2.63. The Morgan fingerprint density at radius 3 is 2.80 bits per heavy atom. The molecule has 0 aliphatic heterocycles. The Morgan fingerprint density at radius 1 is 1.45 bits per heavy atom. The van der Waals surface area contributed by atoms with E-state index in [0.29, 0.717) is 25.4 Å². The number of nitro benzene ring substituents is 1. The average molecular weight is 281 g/mol. The van der Waals surface area contributed by atoms with Crippen LogP contribution in [0, 0.1) is 10.1 Å². The summed E-state index contributed by atoms with van der Waals surface area (Å²) in [5.74, 6) is -0.318. The highest BCUT2D eigenvalue weighted by atomic mass is 16.6. The molecule has 0 spiro atoms.